The minimum atomic E-state index is -1.35. The Hall–Kier alpha value is -8.27. The van der Waals surface area contributed by atoms with Crippen LogP contribution in [0.15, 0.2) is 146 Å². The Labute approximate surface area is 406 Å². The molecule has 0 radical (unpaired) electrons. The van der Waals surface area contributed by atoms with Crippen molar-refractivity contribution in [2.24, 2.45) is 11.5 Å². The summed E-state index contributed by atoms with van der Waals surface area (Å²) in [7, 11) is 0. The first-order valence-electron chi connectivity index (χ1n) is 23.6. The molecule has 1 aliphatic carbocycles. The molecule has 0 unspecified atom stereocenters. The van der Waals surface area contributed by atoms with Gasteiger partial charge < -0.3 is 48.4 Å². The van der Waals surface area contributed by atoms with Crippen LogP contribution >= 0.6 is 0 Å². The molecule has 70 heavy (non-hydrogen) atoms. The molecule has 1 fully saturated rings. The quantitative estimate of drug-likeness (QED) is 0.0270. The molecule has 1 saturated carbocycles. The van der Waals surface area contributed by atoms with Crippen molar-refractivity contribution in [1.29, 1.82) is 5.41 Å². The number of nitrogens with two attached hydrogens (primary N) is 2. The van der Waals surface area contributed by atoms with Gasteiger partial charge in [0.25, 0.3) is 5.91 Å². The van der Waals surface area contributed by atoms with Gasteiger partial charge in [0.15, 0.2) is 5.96 Å². The summed E-state index contributed by atoms with van der Waals surface area (Å²) in [5.41, 5.74) is 14.3. The predicted octanol–water partition coefficient (Wildman–Crippen LogP) is 4.86. The molecule has 6 amide bonds. The number of guanidine groups is 1. The van der Waals surface area contributed by atoms with Gasteiger partial charge in [0, 0.05) is 36.5 Å². The monoisotopic (exact) mass is 944 g/mol. The van der Waals surface area contributed by atoms with Crippen LogP contribution < -0.4 is 43.4 Å². The standard InChI is InChI=1S/C54H60N10O6/c55-48(66)41-22-11-13-24-43(41)60-51(69)46(33-39-34-59-42-23-12-10-21-40(39)42)62-49(67)44(25-14-30-58-53(56)57)61-50(68)45(31-35-15-4-1-5-16-35)63-52(70)54(64-47(65)32-36-17-6-2-7-18-36)28-26-38(27-29-54)37-19-8-3-9-20-37/h1-13,15-24,34,38,44-46,59H,14,25-33H2,(H2,55,66)(H,60,69)(H,61,68)(H,62,67)(H,63,70)(H,64,65)(H4,56,57,58)/t38-,44-,45+,46-,54+/m0/s1. The summed E-state index contributed by atoms with van der Waals surface area (Å²) < 4.78 is 0. The van der Waals surface area contributed by atoms with E-state index in [1.54, 1.807) is 18.3 Å². The Bertz CT molecular complexity index is 2780. The first kappa shape index (κ1) is 49.6. The molecule has 12 N–H and O–H groups in total. The highest BCUT2D eigenvalue weighted by Gasteiger charge is 2.45. The summed E-state index contributed by atoms with van der Waals surface area (Å²) >= 11 is 0. The molecule has 16 heteroatoms. The number of fused-ring (bicyclic) bond motifs is 1. The van der Waals surface area contributed by atoms with Crippen molar-refractivity contribution in [2.45, 2.75) is 87.4 Å². The molecule has 3 atom stereocenters. The predicted molar refractivity (Wildman–Crippen MR) is 269 cm³/mol. The number of aromatic amines is 1. The minimum Gasteiger partial charge on any atom is -0.370 e. The minimum absolute atomic E-state index is 0.0166. The van der Waals surface area contributed by atoms with Gasteiger partial charge in [0.1, 0.15) is 23.7 Å². The van der Waals surface area contributed by atoms with Crippen molar-refractivity contribution in [2.75, 3.05) is 11.9 Å². The van der Waals surface area contributed by atoms with Crippen LogP contribution in [0.25, 0.3) is 10.9 Å². The van der Waals surface area contributed by atoms with Gasteiger partial charge in [0.05, 0.1) is 17.7 Å². The smallest absolute Gasteiger partial charge is 0.250 e. The van der Waals surface area contributed by atoms with E-state index in [2.05, 4.69) is 49.0 Å². The van der Waals surface area contributed by atoms with E-state index in [-0.39, 0.29) is 67.7 Å². The highest BCUT2D eigenvalue weighted by Crippen LogP contribution is 2.38. The molecule has 5 aromatic carbocycles. The molecule has 1 aromatic heterocycles. The third-order valence-corrected chi connectivity index (χ3v) is 12.8. The maximum absolute atomic E-state index is 14.9. The van der Waals surface area contributed by atoms with Gasteiger partial charge in [-0.2, -0.15) is 0 Å². The number of anilines is 1. The summed E-state index contributed by atoms with van der Waals surface area (Å²) in [5.74, 6) is -3.74. The number of amides is 6. The lowest BCUT2D eigenvalue weighted by molar-refractivity contribution is -0.138. The van der Waals surface area contributed by atoms with Crippen molar-refractivity contribution in [3.8, 4) is 0 Å². The zero-order valence-corrected chi connectivity index (χ0v) is 38.8. The van der Waals surface area contributed by atoms with Gasteiger partial charge in [0.2, 0.25) is 29.5 Å². The average molecular weight is 945 g/mol. The van der Waals surface area contributed by atoms with Crippen LogP contribution in [0.4, 0.5) is 5.69 Å². The fraction of sp³-hybridized carbons (Fsp3) is 0.278. The first-order valence-corrected chi connectivity index (χ1v) is 23.6. The summed E-state index contributed by atoms with van der Waals surface area (Å²) in [6, 6.07) is 38.5. The van der Waals surface area contributed by atoms with Gasteiger partial charge in [-0.15, -0.1) is 0 Å². The summed E-state index contributed by atoms with van der Waals surface area (Å²) in [4.78, 5) is 88.0. The molecular weight excluding hydrogens is 885 g/mol. The van der Waals surface area contributed by atoms with Crippen LogP contribution in [-0.2, 0) is 43.2 Å². The summed E-state index contributed by atoms with van der Waals surface area (Å²) in [6.45, 7) is 0.192. The van der Waals surface area contributed by atoms with Crippen LogP contribution in [-0.4, -0.2) is 76.6 Å². The van der Waals surface area contributed by atoms with Crippen LogP contribution in [0.1, 0.15) is 77.1 Å². The maximum Gasteiger partial charge on any atom is 0.250 e. The number of primary amides is 1. The van der Waals surface area contributed by atoms with E-state index >= 15 is 0 Å². The second kappa shape index (κ2) is 23.6. The van der Waals surface area contributed by atoms with Crippen molar-refractivity contribution in [1.82, 2.24) is 31.6 Å². The summed E-state index contributed by atoms with van der Waals surface area (Å²) in [6.07, 6.45) is 4.02. The highest BCUT2D eigenvalue weighted by molar-refractivity contribution is 6.05. The van der Waals surface area contributed by atoms with Crippen LogP contribution in [0.3, 0.4) is 0 Å². The number of nitrogens with one attached hydrogen (secondary N) is 8. The zero-order chi connectivity index (χ0) is 49.5. The second-order valence-corrected chi connectivity index (χ2v) is 17.8. The van der Waals surface area contributed by atoms with Gasteiger partial charge in [-0.1, -0.05) is 121 Å². The summed E-state index contributed by atoms with van der Waals surface area (Å²) in [5, 5.41) is 25.9. The first-order chi connectivity index (χ1) is 33.9. The van der Waals surface area contributed by atoms with Crippen molar-refractivity contribution >= 4 is 58.0 Å². The molecule has 16 nitrogen and oxygen atoms in total. The number of hydrogen-bond acceptors (Lipinski definition) is 7. The lowest BCUT2D eigenvalue weighted by Gasteiger charge is -2.40. The number of carbonyl (C=O) groups is 6. The van der Waals surface area contributed by atoms with Gasteiger partial charge in [-0.25, -0.2) is 0 Å². The molecule has 0 spiro atoms. The Morgan fingerprint density at radius 1 is 0.657 bits per heavy atom. The van der Waals surface area contributed by atoms with Crippen LogP contribution in [0.5, 0.6) is 0 Å². The molecule has 0 saturated heterocycles. The van der Waals surface area contributed by atoms with Crippen molar-refractivity contribution < 1.29 is 28.8 Å². The molecular formula is C54H60N10O6. The Balaban J connectivity index is 1.16. The number of para-hydroxylation sites is 2. The molecule has 0 bridgehead atoms. The molecule has 1 heterocycles. The fourth-order valence-electron chi connectivity index (χ4n) is 9.12. The van der Waals surface area contributed by atoms with Crippen LogP contribution in [0.2, 0.25) is 0 Å². The van der Waals surface area contributed by atoms with E-state index in [1.807, 2.05) is 103 Å². The van der Waals surface area contributed by atoms with E-state index in [9.17, 15) is 28.8 Å². The van der Waals surface area contributed by atoms with Crippen molar-refractivity contribution in [3.05, 3.63) is 174 Å². The topological polar surface area (TPSA) is 266 Å². The molecule has 1 aliphatic rings. The zero-order valence-electron chi connectivity index (χ0n) is 38.8. The van der Waals surface area contributed by atoms with Gasteiger partial charge in [-0.05, 0) is 84.9 Å². The van der Waals surface area contributed by atoms with Crippen LogP contribution in [0, 0.1) is 5.41 Å². The SMILES string of the molecule is N=C(N)NCCC[C@H](NC(=O)[C@@H](Cc1ccccc1)NC(=O)[C@]1(NC(=O)Cc2ccccc2)CC[C@@H](c2ccccc2)CC1)C(=O)N[C@@H](Cc1c[nH]c2ccccc12)C(=O)Nc1ccccc1C(N)=O. The Kier molecular flexibility index (Phi) is 16.8. The average Bonchev–Trinajstić information content (AvgIpc) is 3.77. The largest absolute Gasteiger partial charge is 0.370 e. The molecule has 362 valence electrons. The van der Waals surface area contributed by atoms with E-state index < -0.39 is 53.2 Å². The lowest BCUT2D eigenvalue weighted by Crippen LogP contribution is -2.64. The number of H-pyrrole nitrogens is 1. The lowest BCUT2D eigenvalue weighted by atomic mass is 9.73. The third kappa shape index (κ3) is 13.2. The number of hydrogen-bond donors (Lipinski definition) is 10. The fourth-order valence-corrected chi connectivity index (χ4v) is 9.12. The van der Waals surface area contributed by atoms with Gasteiger partial charge in [-0.3, -0.25) is 34.2 Å². The van der Waals surface area contributed by atoms with E-state index in [4.69, 9.17) is 16.9 Å². The molecule has 0 aliphatic heterocycles. The number of benzene rings is 5. The normalized spacial score (nSPS) is 16.7. The van der Waals surface area contributed by atoms with E-state index in [0.29, 0.717) is 25.7 Å². The Morgan fingerprint density at radius 2 is 1.24 bits per heavy atom. The molecule has 6 aromatic rings. The maximum atomic E-state index is 14.9. The van der Waals surface area contributed by atoms with E-state index in [1.165, 1.54) is 12.1 Å². The second-order valence-electron chi connectivity index (χ2n) is 17.8. The Morgan fingerprint density at radius 3 is 1.93 bits per heavy atom. The van der Waals surface area contributed by atoms with E-state index in [0.717, 1.165) is 33.2 Å². The number of aromatic nitrogens is 1. The third-order valence-electron chi connectivity index (χ3n) is 12.8. The van der Waals surface area contributed by atoms with Crippen molar-refractivity contribution in [3.63, 3.8) is 0 Å². The highest BCUT2D eigenvalue weighted by atomic mass is 16.2. The number of rotatable bonds is 21. The molecule has 7 rings (SSSR count). The van der Waals surface area contributed by atoms with Gasteiger partial charge >= 0.3 is 0 Å². The number of carbonyl (C=O) groups excluding carboxylic acids is 6.